The molecule has 1 aromatic carbocycles. The molecule has 1 aliphatic rings. The van der Waals surface area contributed by atoms with Crippen LogP contribution >= 0.6 is 0 Å². The van der Waals surface area contributed by atoms with Crippen LogP contribution in [0.5, 0.6) is 0 Å². The summed E-state index contributed by atoms with van der Waals surface area (Å²) in [5.74, 6) is 0. The maximum Gasteiger partial charge on any atom is 0.0918 e. The van der Waals surface area contributed by atoms with Crippen molar-refractivity contribution in [3.05, 3.63) is 65.5 Å². The molecule has 1 saturated heterocycles. The Morgan fingerprint density at radius 1 is 0.960 bits per heavy atom. The Hall–Kier alpha value is -2.24. The van der Waals surface area contributed by atoms with Crippen LogP contribution in [0.4, 0.5) is 0 Å². The normalized spacial score (nSPS) is 16.5. The van der Waals surface area contributed by atoms with Gasteiger partial charge in [-0.2, -0.15) is 0 Å². The van der Waals surface area contributed by atoms with E-state index in [9.17, 15) is 0 Å². The zero-order chi connectivity index (χ0) is 17.3. The van der Waals surface area contributed by atoms with Crippen LogP contribution in [0.3, 0.4) is 0 Å². The van der Waals surface area contributed by atoms with Crippen LogP contribution in [0, 0.1) is 0 Å². The predicted octanol–water partition coefficient (Wildman–Crippen LogP) is 2.64. The molecule has 0 aliphatic carbocycles. The summed E-state index contributed by atoms with van der Waals surface area (Å²) in [5, 5.41) is 11.6. The van der Waals surface area contributed by atoms with Crippen LogP contribution < -0.4 is 0 Å². The molecule has 1 aromatic heterocycles. The molecular formula is C20H26N4O. The number of oxime groups is 1. The van der Waals surface area contributed by atoms with E-state index in [4.69, 9.17) is 5.21 Å². The van der Waals surface area contributed by atoms with Gasteiger partial charge in [-0.15, -0.1) is 0 Å². The second-order valence-electron chi connectivity index (χ2n) is 6.51. The summed E-state index contributed by atoms with van der Waals surface area (Å²) in [7, 11) is 0. The van der Waals surface area contributed by atoms with Crippen LogP contribution in [0.2, 0.25) is 0 Å². The lowest BCUT2D eigenvalue weighted by Gasteiger charge is -2.34. The molecule has 1 aliphatic heterocycles. The van der Waals surface area contributed by atoms with E-state index in [0.29, 0.717) is 5.69 Å². The van der Waals surface area contributed by atoms with Crippen molar-refractivity contribution in [2.24, 2.45) is 5.16 Å². The van der Waals surface area contributed by atoms with Crippen molar-refractivity contribution in [1.29, 1.82) is 0 Å². The van der Waals surface area contributed by atoms with Crippen LogP contribution in [0.25, 0.3) is 0 Å². The van der Waals surface area contributed by atoms with Crippen molar-refractivity contribution in [1.82, 2.24) is 14.8 Å². The van der Waals surface area contributed by atoms with E-state index in [-0.39, 0.29) is 0 Å². The van der Waals surface area contributed by atoms with Gasteiger partial charge in [-0.25, -0.2) is 0 Å². The molecule has 0 unspecified atom stereocenters. The fraction of sp³-hybridized carbons (Fsp3) is 0.400. The van der Waals surface area contributed by atoms with Crippen molar-refractivity contribution in [3.8, 4) is 0 Å². The van der Waals surface area contributed by atoms with Gasteiger partial charge in [0, 0.05) is 38.4 Å². The molecule has 0 spiro atoms. The van der Waals surface area contributed by atoms with Crippen molar-refractivity contribution in [2.75, 3.05) is 32.7 Å². The number of rotatable bonds is 7. The summed E-state index contributed by atoms with van der Waals surface area (Å²) in [4.78, 5) is 9.54. The second kappa shape index (κ2) is 9.30. The van der Waals surface area contributed by atoms with E-state index in [1.54, 1.807) is 0 Å². The number of piperazine rings is 1. The molecule has 5 heteroatoms. The Balaban J connectivity index is 1.37. The first-order chi connectivity index (χ1) is 12.3. The summed E-state index contributed by atoms with van der Waals surface area (Å²) in [5.41, 5.74) is 3.16. The highest BCUT2D eigenvalue weighted by Crippen LogP contribution is 2.09. The van der Waals surface area contributed by atoms with Gasteiger partial charge in [-0.3, -0.25) is 9.88 Å². The van der Waals surface area contributed by atoms with Crippen LogP contribution in [0.1, 0.15) is 23.4 Å². The zero-order valence-corrected chi connectivity index (χ0v) is 14.6. The number of nitrogens with zero attached hydrogens (tertiary/aromatic N) is 4. The van der Waals surface area contributed by atoms with Gasteiger partial charge in [0.05, 0.1) is 11.9 Å². The number of hydrogen-bond acceptors (Lipinski definition) is 5. The van der Waals surface area contributed by atoms with Gasteiger partial charge in [-0.05, 0) is 37.1 Å². The van der Waals surface area contributed by atoms with E-state index in [2.05, 4.69) is 50.3 Å². The van der Waals surface area contributed by atoms with Gasteiger partial charge in [0.1, 0.15) is 0 Å². The molecule has 2 aromatic rings. The fourth-order valence-corrected chi connectivity index (χ4v) is 3.26. The minimum Gasteiger partial charge on any atom is -0.411 e. The quantitative estimate of drug-likeness (QED) is 0.479. The van der Waals surface area contributed by atoms with E-state index in [1.165, 1.54) is 11.8 Å². The lowest BCUT2D eigenvalue weighted by atomic mass is 10.1. The monoisotopic (exact) mass is 338 g/mol. The molecule has 1 fully saturated rings. The number of aryl methyl sites for hydroxylation is 1. The van der Waals surface area contributed by atoms with Crippen LogP contribution in [-0.4, -0.2) is 58.9 Å². The predicted molar refractivity (Wildman–Crippen MR) is 100 cm³/mol. The number of aromatic nitrogens is 1. The molecule has 132 valence electrons. The van der Waals surface area contributed by atoms with Crippen molar-refractivity contribution >= 4 is 6.21 Å². The molecular weight excluding hydrogens is 312 g/mol. The van der Waals surface area contributed by atoms with Gasteiger partial charge in [0.15, 0.2) is 0 Å². The molecule has 0 amide bonds. The lowest BCUT2D eigenvalue weighted by Crippen LogP contribution is -2.46. The zero-order valence-electron chi connectivity index (χ0n) is 14.6. The van der Waals surface area contributed by atoms with E-state index in [1.807, 2.05) is 18.2 Å². The fourth-order valence-electron chi connectivity index (χ4n) is 3.26. The first kappa shape index (κ1) is 17.6. The molecule has 25 heavy (non-hydrogen) atoms. The van der Waals surface area contributed by atoms with Crippen LogP contribution in [0.15, 0.2) is 53.7 Å². The molecule has 1 N–H and O–H groups in total. The van der Waals surface area contributed by atoms with Gasteiger partial charge >= 0.3 is 0 Å². The molecule has 0 bridgehead atoms. The maximum atomic E-state index is 8.59. The summed E-state index contributed by atoms with van der Waals surface area (Å²) >= 11 is 0. The Morgan fingerprint density at radius 2 is 1.72 bits per heavy atom. The van der Waals surface area contributed by atoms with E-state index < -0.39 is 0 Å². The minimum absolute atomic E-state index is 0.703. The summed E-state index contributed by atoms with van der Waals surface area (Å²) in [6, 6.07) is 16.5. The minimum atomic E-state index is 0.703. The van der Waals surface area contributed by atoms with Crippen LogP contribution in [-0.2, 0) is 13.0 Å². The Kier molecular flexibility index (Phi) is 6.54. The molecule has 3 rings (SSSR count). The maximum absolute atomic E-state index is 8.59. The standard InChI is InChI=1S/C20H26N4O/c25-21-16-20-9-4-8-19(22-20)10-5-11-23-12-14-24(15-13-23)17-18-6-2-1-3-7-18/h1-4,6-9,16,25H,5,10-15,17H2. The summed E-state index contributed by atoms with van der Waals surface area (Å²) < 4.78 is 0. The molecule has 0 atom stereocenters. The lowest BCUT2D eigenvalue weighted by molar-refractivity contribution is 0.126. The van der Waals surface area contributed by atoms with Gasteiger partial charge in [0.2, 0.25) is 0 Å². The molecule has 0 radical (unpaired) electrons. The third kappa shape index (κ3) is 5.66. The molecule has 0 saturated carbocycles. The van der Waals surface area contributed by atoms with Gasteiger partial charge in [0.25, 0.3) is 0 Å². The third-order valence-corrected chi connectivity index (χ3v) is 4.64. The average molecular weight is 338 g/mol. The third-order valence-electron chi connectivity index (χ3n) is 4.64. The van der Waals surface area contributed by atoms with E-state index in [0.717, 1.165) is 57.8 Å². The van der Waals surface area contributed by atoms with Gasteiger partial charge < -0.3 is 10.1 Å². The smallest absolute Gasteiger partial charge is 0.0918 e. The van der Waals surface area contributed by atoms with Gasteiger partial charge in [-0.1, -0.05) is 41.6 Å². The Bertz CT molecular complexity index is 666. The number of benzene rings is 1. The summed E-state index contributed by atoms with van der Waals surface area (Å²) in [6.45, 7) is 6.71. The first-order valence-electron chi connectivity index (χ1n) is 8.95. The first-order valence-corrected chi connectivity index (χ1v) is 8.95. The topological polar surface area (TPSA) is 52.0 Å². The largest absolute Gasteiger partial charge is 0.411 e. The molecule has 5 nitrogen and oxygen atoms in total. The second-order valence-corrected chi connectivity index (χ2v) is 6.51. The highest BCUT2D eigenvalue weighted by atomic mass is 16.4. The molecule has 2 heterocycles. The number of hydrogen-bond donors (Lipinski definition) is 1. The van der Waals surface area contributed by atoms with Crippen molar-refractivity contribution in [2.45, 2.75) is 19.4 Å². The van der Waals surface area contributed by atoms with E-state index >= 15 is 0 Å². The average Bonchev–Trinajstić information content (AvgIpc) is 2.65. The summed E-state index contributed by atoms with van der Waals surface area (Å²) in [6.07, 6.45) is 3.43. The Morgan fingerprint density at radius 3 is 2.48 bits per heavy atom. The highest BCUT2D eigenvalue weighted by molar-refractivity contribution is 5.76. The van der Waals surface area contributed by atoms with Crippen molar-refractivity contribution < 1.29 is 5.21 Å². The van der Waals surface area contributed by atoms with Crippen molar-refractivity contribution in [3.63, 3.8) is 0 Å². The number of pyridine rings is 1. The SMILES string of the molecule is ON=Cc1cccc(CCCN2CCN(Cc3ccccc3)CC2)n1. The highest BCUT2D eigenvalue weighted by Gasteiger charge is 2.16. The Labute approximate surface area is 149 Å².